The van der Waals surface area contributed by atoms with Gasteiger partial charge in [-0.1, -0.05) is 11.3 Å². The number of hydrogen-bond donors (Lipinski definition) is 0. The molecule has 1 amide bonds. The molecule has 2 aromatic carbocycles. The zero-order valence-corrected chi connectivity index (χ0v) is 14.1. The molecule has 0 saturated heterocycles. The van der Waals surface area contributed by atoms with Crippen LogP contribution in [0.5, 0.6) is 11.5 Å². The lowest BCUT2D eigenvalue weighted by Crippen LogP contribution is -2.26. The first kappa shape index (κ1) is 16.5. The quantitative estimate of drug-likeness (QED) is 0.513. The smallest absolute Gasteiger partial charge is 0.280 e. The zero-order chi connectivity index (χ0) is 19.0. The molecule has 0 spiro atoms. The van der Waals surface area contributed by atoms with E-state index in [1.807, 2.05) is 0 Å². The van der Waals surface area contributed by atoms with Gasteiger partial charge in [0.15, 0.2) is 17.2 Å². The third-order valence-electron chi connectivity index (χ3n) is 4.07. The maximum Gasteiger partial charge on any atom is 0.280 e. The molecule has 2 heterocycles. The van der Waals surface area contributed by atoms with E-state index < -0.39 is 4.92 Å². The predicted octanol–water partition coefficient (Wildman–Crippen LogP) is 2.18. The number of ether oxygens (including phenoxy) is 2. The summed E-state index contributed by atoms with van der Waals surface area (Å²) in [5, 5.41) is 18.7. The van der Waals surface area contributed by atoms with Crippen molar-refractivity contribution in [1.29, 1.82) is 0 Å². The van der Waals surface area contributed by atoms with E-state index in [9.17, 15) is 14.9 Å². The van der Waals surface area contributed by atoms with Crippen molar-refractivity contribution >= 4 is 17.3 Å². The second-order valence-electron chi connectivity index (χ2n) is 5.73. The summed E-state index contributed by atoms with van der Waals surface area (Å²) < 4.78 is 11.9. The summed E-state index contributed by atoms with van der Waals surface area (Å²) in [6.45, 7) is 0.147. The minimum atomic E-state index is -0.500. The SMILES string of the molecule is CN(C(=O)c1cn(-c2cccc([N+](=O)[O-])c2)nn1)c1ccc2c(c1)OCO2. The summed E-state index contributed by atoms with van der Waals surface area (Å²) in [7, 11) is 1.60. The van der Waals surface area contributed by atoms with Crippen molar-refractivity contribution in [2.45, 2.75) is 0 Å². The molecule has 0 atom stereocenters. The third-order valence-corrected chi connectivity index (χ3v) is 4.07. The van der Waals surface area contributed by atoms with Crippen LogP contribution in [0.1, 0.15) is 10.5 Å². The van der Waals surface area contributed by atoms with Gasteiger partial charge in [0.25, 0.3) is 11.6 Å². The van der Waals surface area contributed by atoms with Crippen molar-refractivity contribution in [3.63, 3.8) is 0 Å². The molecule has 1 aromatic heterocycles. The molecule has 0 bridgehead atoms. The van der Waals surface area contributed by atoms with Gasteiger partial charge in [-0.25, -0.2) is 4.68 Å². The first-order chi connectivity index (χ1) is 13.0. The monoisotopic (exact) mass is 367 g/mol. The minimum Gasteiger partial charge on any atom is -0.454 e. The normalized spacial score (nSPS) is 12.0. The molecule has 0 radical (unpaired) electrons. The van der Waals surface area contributed by atoms with Gasteiger partial charge in [-0.15, -0.1) is 5.10 Å². The number of rotatable bonds is 4. The second-order valence-corrected chi connectivity index (χ2v) is 5.73. The van der Waals surface area contributed by atoms with Crippen LogP contribution in [0.3, 0.4) is 0 Å². The van der Waals surface area contributed by atoms with E-state index in [1.54, 1.807) is 31.3 Å². The van der Waals surface area contributed by atoms with Crippen molar-refractivity contribution in [1.82, 2.24) is 15.0 Å². The molecule has 0 unspecified atom stereocenters. The fourth-order valence-corrected chi connectivity index (χ4v) is 2.62. The Kier molecular flexibility index (Phi) is 3.92. The van der Waals surface area contributed by atoms with Crippen LogP contribution >= 0.6 is 0 Å². The number of carbonyl (C=O) groups excluding carboxylic acids is 1. The van der Waals surface area contributed by atoms with E-state index in [0.29, 0.717) is 22.9 Å². The lowest BCUT2D eigenvalue weighted by atomic mass is 10.2. The molecule has 0 aliphatic carbocycles. The predicted molar refractivity (Wildman–Crippen MR) is 93.3 cm³/mol. The van der Waals surface area contributed by atoms with Gasteiger partial charge in [0.05, 0.1) is 16.8 Å². The molecule has 0 fully saturated rings. The number of non-ortho nitro benzene ring substituents is 1. The van der Waals surface area contributed by atoms with Gasteiger partial charge in [0, 0.05) is 30.9 Å². The van der Waals surface area contributed by atoms with E-state index in [0.717, 1.165) is 0 Å². The first-order valence-corrected chi connectivity index (χ1v) is 7.88. The molecule has 10 heteroatoms. The van der Waals surface area contributed by atoms with Crippen molar-refractivity contribution in [3.8, 4) is 17.2 Å². The number of aromatic nitrogens is 3. The van der Waals surface area contributed by atoms with Gasteiger partial charge in [-0.3, -0.25) is 14.9 Å². The summed E-state index contributed by atoms with van der Waals surface area (Å²) in [6.07, 6.45) is 1.42. The van der Waals surface area contributed by atoms with Crippen molar-refractivity contribution in [2.75, 3.05) is 18.7 Å². The lowest BCUT2D eigenvalue weighted by molar-refractivity contribution is -0.384. The Labute approximate surface area is 152 Å². The van der Waals surface area contributed by atoms with Gasteiger partial charge >= 0.3 is 0 Å². The summed E-state index contributed by atoms with van der Waals surface area (Å²) in [6, 6.07) is 11.1. The van der Waals surface area contributed by atoms with Gasteiger partial charge in [-0.2, -0.15) is 0 Å². The minimum absolute atomic E-state index is 0.0756. The number of nitrogens with zero attached hydrogens (tertiary/aromatic N) is 5. The molecule has 4 rings (SSSR count). The number of nitro benzene ring substituents is 1. The van der Waals surface area contributed by atoms with E-state index >= 15 is 0 Å². The van der Waals surface area contributed by atoms with Crippen LogP contribution in [0.25, 0.3) is 5.69 Å². The topological polar surface area (TPSA) is 113 Å². The summed E-state index contributed by atoms with van der Waals surface area (Å²) >= 11 is 0. The standard InChI is InChI=1S/C17H13N5O5/c1-20(11-5-6-15-16(8-11)27-10-26-15)17(23)14-9-21(19-18-14)12-3-2-4-13(7-12)22(24)25/h2-9H,10H2,1H3. The highest BCUT2D eigenvalue weighted by Gasteiger charge is 2.21. The molecule has 27 heavy (non-hydrogen) atoms. The van der Waals surface area contributed by atoms with Crippen LogP contribution in [0.15, 0.2) is 48.7 Å². The molecule has 1 aliphatic rings. The van der Waals surface area contributed by atoms with Crippen molar-refractivity contribution in [2.24, 2.45) is 0 Å². The fraction of sp³-hybridized carbons (Fsp3) is 0.118. The Balaban J connectivity index is 1.58. The maximum atomic E-state index is 12.7. The van der Waals surface area contributed by atoms with E-state index in [4.69, 9.17) is 9.47 Å². The number of amides is 1. The molecule has 3 aromatic rings. The fourth-order valence-electron chi connectivity index (χ4n) is 2.62. The Morgan fingerprint density at radius 3 is 2.85 bits per heavy atom. The van der Waals surface area contributed by atoms with Gasteiger partial charge in [0.1, 0.15) is 0 Å². The molecular weight excluding hydrogens is 354 g/mol. The van der Waals surface area contributed by atoms with Crippen LogP contribution in [0.2, 0.25) is 0 Å². The van der Waals surface area contributed by atoms with Crippen LogP contribution in [-0.4, -0.2) is 39.7 Å². The Morgan fingerprint density at radius 1 is 1.22 bits per heavy atom. The van der Waals surface area contributed by atoms with Crippen molar-refractivity contribution < 1.29 is 19.2 Å². The highest BCUT2D eigenvalue weighted by Crippen LogP contribution is 2.35. The van der Waals surface area contributed by atoms with E-state index in [-0.39, 0.29) is 24.1 Å². The average Bonchev–Trinajstić information content (AvgIpc) is 3.35. The number of fused-ring (bicyclic) bond motifs is 1. The highest BCUT2D eigenvalue weighted by atomic mass is 16.7. The van der Waals surface area contributed by atoms with Crippen molar-refractivity contribution in [3.05, 3.63) is 64.5 Å². The summed E-state index contributed by atoms with van der Waals surface area (Å²) in [4.78, 5) is 24.5. The van der Waals surface area contributed by atoms with Crippen LogP contribution in [0, 0.1) is 10.1 Å². The Bertz CT molecular complexity index is 1050. The lowest BCUT2D eigenvalue weighted by Gasteiger charge is -2.16. The van der Waals surface area contributed by atoms with E-state index in [1.165, 1.54) is 34.0 Å². The number of nitro groups is 1. The third kappa shape index (κ3) is 3.03. The van der Waals surface area contributed by atoms with Crippen LogP contribution in [-0.2, 0) is 0 Å². The number of anilines is 1. The maximum absolute atomic E-state index is 12.7. The Hall–Kier alpha value is -3.95. The summed E-state index contributed by atoms with van der Waals surface area (Å²) in [5.74, 6) is 0.800. The van der Waals surface area contributed by atoms with Gasteiger partial charge < -0.3 is 14.4 Å². The van der Waals surface area contributed by atoms with Crippen LogP contribution < -0.4 is 14.4 Å². The highest BCUT2D eigenvalue weighted by molar-refractivity contribution is 6.04. The molecule has 10 nitrogen and oxygen atoms in total. The molecule has 136 valence electrons. The van der Waals surface area contributed by atoms with Crippen LogP contribution in [0.4, 0.5) is 11.4 Å². The molecule has 1 aliphatic heterocycles. The second kappa shape index (κ2) is 6.41. The van der Waals surface area contributed by atoms with E-state index in [2.05, 4.69) is 10.3 Å². The number of carbonyl (C=O) groups is 1. The van der Waals surface area contributed by atoms with Gasteiger partial charge in [-0.05, 0) is 18.2 Å². The Morgan fingerprint density at radius 2 is 2.04 bits per heavy atom. The molecule has 0 saturated carbocycles. The largest absolute Gasteiger partial charge is 0.454 e. The number of benzene rings is 2. The first-order valence-electron chi connectivity index (χ1n) is 7.88. The average molecular weight is 367 g/mol. The van der Waals surface area contributed by atoms with Gasteiger partial charge in [0.2, 0.25) is 6.79 Å². The number of hydrogen-bond acceptors (Lipinski definition) is 7. The molecular formula is C17H13N5O5. The molecule has 0 N–H and O–H groups in total. The zero-order valence-electron chi connectivity index (χ0n) is 14.1. The summed E-state index contributed by atoms with van der Waals surface area (Å²) in [5.41, 5.74) is 1.06.